The SMILES string of the molecule is CCc1ccc(-c2ccc(F)c(C(F)(F)F)c2)cc1. The topological polar surface area (TPSA) is 0 Å². The van der Waals surface area contributed by atoms with Crippen LogP contribution in [0.5, 0.6) is 0 Å². The molecule has 0 heterocycles. The highest BCUT2D eigenvalue weighted by Crippen LogP contribution is 2.34. The molecule has 0 aliphatic rings. The van der Waals surface area contributed by atoms with Crippen molar-refractivity contribution in [3.05, 3.63) is 59.4 Å². The van der Waals surface area contributed by atoms with Crippen LogP contribution in [0.15, 0.2) is 42.5 Å². The van der Waals surface area contributed by atoms with Gasteiger partial charge in [-0.15, -0.1) is 0 Å². The van der Waals surface area contributed by atoms with Gasteiger partial charge in [0.2, 0.25) is 0 Å². The van der Waals surface area contributed by atoms with Crippen LogP contribution in [0.1, 0.15) is 18.1 Å². The zero-order valence-electron chi connectivity index (χ0n) is 10.3. The van der Waals surface area contributed by atoms with E-state index in [2.05, 4.69) is 0 Å². The lowest BCUT2D eigenvalue weighted by molar-refractivity contribution is -0.139. The fourth-order valence-corrected chi connectivity index (χ4v) is 1.85. The van der Waals surface area contributed by atoms with Crippen LogP contribution in [0, 0.1) is 5.82 Å². The van der Waals surface area contributed by atoms with Crippen molar-refractivity contribution in [2.45, 2.75) is 19.5 Å². The van der Waals surface area contributed by atoms with Gasteiger partial charge < -0.3 is 0 Å². The predicted molar refractivity (Wildman–Crippen MR) is 66.2 cm³/mol. The summed E-state index contributed by atoms with van der Waals surface area (Å²) < 4.78 is 51.0. The first-order valence-electron chi connectivity index (χ1n) is 5.88. The van der Waals surface area contributed by atoms with Crippen molar-refractivity contribution in [3.63, 3.8) is 0 Å². The van der Waals surface area contributed by atoms with Gasteiger partial charge in [-0.05, 0) is 35.2 Å². The van der Waals surface area contributed by atoms with E-state index in [4.69, 9.17) is 0 Å². The van der Waals surface area contributed by atoms with Crippen LogP contribution in [0.4, 0.5) is 17.6 Å². The van der Waals surface area contributed by atoms with E-state index in [-0.39, 0.29) is 0 Å². The normalized spacial score (nSPS) is 11.6. The van der Waals surface area contributed by atoms with E-state index in [1.807, 2.05) is 19.1 Å². The maximum atomic E-state index is 13.2. The molecule has 4 heteroatoms. The van der Waals surface area contributed by atoms with Gasteiger partial charge in [-0.1, -0.05) is 37.3 Å². The Morgan fingerprint density at radius 2 is 1.47 bits per heavy atom. The standard InChI is InChI=1S/C15H12F4/c1-2-10-3-5-11(6-4-10)12-7-8-14(16)13(9-12)15(17,18)19/h3-9H,2H2,1H3. The summed E-state index contributed by atoms with van der Waals surface area (Å²) >= 11 is 0. The molecule has 0 aliphatic heterocycles. The molecule has 0 radical (unpaired) electrons. The molecule has 0 N–H and O–H groups in total. The molecule has 2 aromatic rings. The molecule has 0 aromatic heterocycles. The van der Waals surface area contributed by atoms with Crippen LogP contribution in [0.2, 0.25) is 0 Å². The average Bonchev–Trinajstić information content (AvgIpc) is 2.38. The lowest BCUT2D eigenvalue weighted by Crippen LogP contribution is -2.08. The summed E-state index contributed by atoms with van der Waals surface area (Å²) in [7, 11) is 0. The third kappa shape index (κ3) is 2.95. The Morgan fingerprint density at radius 1 is 0.895 bits per heavy atom. The van der Waals surface area contributed by atoms with Crippen LogP contribution in [0.25, 0.3) is 11.1 Å². The van der Waals surface area contributed by atoms with Gasteiger partial charge in [-0.25, -0.2) is 4.39 Å². The van der Waals surface area contributed by atoms with E-state index in [0.29, 0.717) is 11.1 Å². The number of halogens is 4. The second-order valence-electron chi connectivity index (χ2n) is 4.24. The summed E-state index contributed by atoms with van der Waals surface area (Å²) in [6.45, 7) is 1.99. The minimum atomic E-state index is -4.68. The number of rotatable bonds is 2. The molecule has 0 saturated heterocycles. The summed E-state index contributed by atoms with van der Waals surface area (Å²) in [4.78, 5) is 0. The highest BCUT2D eigenvalue weighted by atomic mass is 19.4. The number of benzene rings is 2. The Kier molecular flexibility index (Phi) is 3.60. The monoisotopic (exact) mass is 268 g/mol. The van der Waals surface area contributed by atoms with E-state index in [0.717, 1.165) is 24.1 Å². The fourth-order valence-electron chi connectivity index (χ4n) is 1.85. The van der Waals surface area contributed by atoms with Crippen molar-refractivity contribution < 1.29 is 17.6 Å². The summed E-state index contributed by atoms with van der Waals surface area (Å²) in [5.74, 6) is -1.25. The minimum absolute atomic E-state index is 0.358. The first-order valence-corrected chi connectivity index (χ1v) is 5.88. The lowest BCUT2D eigenvalue weighted by Gasteiger charge is -2.10. The van der Waals surface area contributed by atoms with Crippen molar-refractivity contribution in [2.24, 2.45) is 0 Å². The summed E-state index contributed by atoms with van der Waals surface area (Å²) in [6.07, 6.45) is -3.82. The fraction of sp³-hybridized carbons (Fsp3) is 0.200. The second kappa shape index (κ2) is 5.03. The van der Waals surface area contributed by atoms with Crippen LogP contribution in [0.3, 0.4) is 0 Å². The van der Waals surface area contributed by atoms with Crippen LogP contribution < -0.4 is 0 Å². The Labute approximate surface area is 108 Å². The average molecular weight is 268 g/mol. The van der Waals surface area contributed by atoms with Gasteiger partial charge in [0.05, 0.1) is 5.56 Å². The van der Waals surface area contributed by atoms with Crippen molar-refractivity contribution >= 4 is 0 Å². The number of hydrogen-bond acceptors (Lipinski definition) is 0. The Hall–Kier alpha value is -1.84. The molecular weight excluding hydrogens is 256 g/mol. The summed E-state index contributed by atoms with van der Waals surface area (Å²) in [5, 5.41) is 0. The van der Waals surface area contributed by atoms with Gasteiger partial charge in [0, 0.05) is 0 Å². The highest BCUT2D eigenvalue weighted by molar-refractivity contribution is 5.64. The van der Waals surface area contributed by atoms with Crippen LogP contribution in [-0.4, -0.2) is 0 Å². The van der Waals surface area contributed by atoms with Crippen molar-refractivity contribution in [1.29, 1.82) is 0 Å². The van der Waals surface area contributed by atoms with Crippen molar-refractivity contribution in [1.82, 2.24) is 0 Å². The van der Waals surface area contributed by atoms with E-state index in [1.54, 1.807) is 12.1 Å². The number of alkyl halides is 3. The first-order chi connectivity index (χ1) is 8.91. The zero-order valence-corrected chi connectivity index (χ0v) is 10.3. The van der Waals surface area contributed by atoms with Gasteiger partial charge in [-0.3, -0.25) is 0 Å². The maximum Gasteiger partial charge on any atom is 0.419 e. The van der Waals surface area contributed by atoms with E-state index in [1.165, 1.54) is 6.07 Å². The predicted octanol–water partition coefficient (Wildman–Crippen LogP) is 5.07. The number of hydrogen-bond donors (Lipinski definition) is 0. The smallest absolute Gasteiger partial charge is 0.206 e. The molecule has 0 amide bonds. The molecule has 2 rings (SSSR count). The van der Waals surface area contributed by atoms with Crippen LogP contribution >= 0.6 is 0 Å². The number of aryl methyl sites for hydroxylation is 1. The van der Waals surface area contributed by atoms with E-state index < -0.39 is 17.6 Å². The minimum Gasteiger partial charge on any atom is -0.206 e. The molecule has 0 spiro atoms. The molecule has 2 aromatic carbocycles. The second-order valence-corrected chi connectivity index (χ2v) is 4.24. The molecule has 0 bridgehead atoms. The largest absolute Gasteiger partial charge is 0.419 e. The van der Waals surface area contributed by atoms with Gasteiger partial charge in [0.25, 0.3) is 0 Å². The lowest BCUT2D eigenvalue weighted by atomic mass is 10.0. The zero-order chi connectivity index (χ0) is 14.0. The Morgan fingerprint density at radius 3 is 2.00 bits per heavy atom. The molecule has 19 heavy (non-hydrogen) atoms. The molecule has 0 unspecified atom stereocenters. The van der Waals surface area contributed by atoms with E-state index >= 15 is 0 Å². The molecule has 0 nitrogen and oxygen atoms in total. The highest BCUT2D eigenvalue weighted by Gasteiger charge is 2.34. The third-order valence-electron chi connectivity index (χ3n) is 2.97. The van der Waals surface area contributed by atoms with Gasteiger partial charge in [0.15, 0.2) is 0 Å². The summed E-state index contributed by atoms with van der Waals surface area (Å²) in [6, 6.07) is 10.2. The quantitative estimate of drug-likeness (QED) is 0.667. The molecule has 0 atom stereocenters. The maximum absolute atomic E-state index is 13.2. The third-order valence-corrected chi connectivity index (χ3v) is 2.97. The van der Waals surface area contributed by atoms with Crippen LogP contribution in [-0.2, 0) is 12.6 Å². The molecule has 0 fully saturated rings. The Balaban J connectivity index is 2.45. The van der Waals surface area contributed by atoms with Gasteiger partial charge in [-0.2, -0.15) is 13.2 Å². The first kappa shape index (κ1) is 13.6. The van der Waals surface area contributed by atoms with Crippen molar-refractivity contribution in [2.75, 3.05) is 0 Å². The molecular formula is C15H12F4. The van der Waals surface area contributed by atoms with Gasteiger partial charge >= 0.3 is 6.18 Å². The molecule has 100 valence electrons. The van der Waals surface area contributed by atoms with E-state index in [9.17, 15) is 17.6 Å². The summed E-state index contributed by atoms with van der Waals surface area (Å²) in [5.41, 5.74) is 0.866. The Bertz CT molecular complexity index is 568. The van der Waals surface area contributed by atoms with Gasteiger partial charge in [0.1, 0.15) is 5.82 Å². The molecule has 0 aliphatic carbocycles. The van der Waals surface area contributed by atoms with Crippen molar-refractivity contribution in [3.8, 4) is 11.1 Å². The molecule has 0 saturated carbocycles.